The van der Waals surface area contributed by atoms with Crippen molar-refractivity contribution < 1.29 is 0 Å². The number of H-pyrrole nitrogens is 1. The Morgan fingerprint density at radius 2 is 1.07 bits per heavy atom. The van der Waals surface area contributed by atoms with Gasteiger partial charge in [0.15, 0.2) is 0 Å². The maximum absolute atomic E-state index is 5.72. The van der Waals surface area contributed by atoms with Gasteiger partial charge in [-0.25, -0.2) is 9.97 Å². The summed E-state index contributed by atoms with van der Waals surface area (Å²) in [7, 11) is 0. The van der Waals surface area contributed by atoms with Gasteiger partial charge in [-0.1, -0.05) is 115 Å². The second kappa shape index (κ2) is 10.5. The fraction of sp³-hybridized carbons (Fsp3) is 0. The van der Waals surface area contributed by atoms with Crippen molar-refractivity contribution >= 4 is 118 Å². The minimum absolute atomic E-state index is 0.688. The van der Waals surface area contributed by atoms with Gasteiger partial charge < -0.3 is 4.98 Å². The Labute approximate surface area is 315 Å². The zero-order chi connectivity index (χ0) is 35.1. The summed E-state index contributed by atoms with van der Waals surface area (Å²) in [5, 5.41) is 12.2. The monoisotopic (exact) mass is 722 g/mol. The van der Waals surface area contributed by atoms with E-state index in [2.05, 4.69) is 161 Å². The summed E-state index contributed by atoms with van der Waals surface area (Å²) in [6, 6.07) is 54.9. The molecule has 54 heavy (non-hydrogen) atoms. The van der Waals surface area contributed by atoms with E-state index in [4.69, 9.17) is 9.97 Å². The molecule has 5 heterocycles. The highest BCUT2D eigenvalue weighted by atomic mass is 32.1. The second-order valence-electron chi connectivity index (χ2n) is 14.2. The first-order valence-electron chi connectivity index (χ1n) is 18.2. The average molecular weight is 723 g/mol. The van der Waals surface area contributed by atoms with Gasteiger partial charge in [-0.15, -0.1) is 22.7 Å². The molecule has 0 bridgehead atoms. The van der Waals surface area contributed by atoms with Crippen LogP contribution in [0.2, 0.25) is 0 Å². The molecule has 1 N–H and O–H groups in total. The molecule has 0 atom stereocenters. The molecule has 4 nitrogen and oxygen atoms in total. The molecule has 0 aliphatic rings. The first-order valence-corrected chi connectivity index (χ1v) is 19.8. The van der Waals surface area contributed by atoms with Gasteiger partial charge in [0.25, 0.3) is 0 Å². The van der Waals surface area contributed by atoms with Crippen molar-refractivity contribution in [1.82, 2.24) is 19.5 Å². The predicted octanol–water partition coefficient (Wildman–Crippen LogP) is 13.9. The van der Waals surface area contributed by atoms with Gasteiger partial charge in [0.2, 0.25) is 5.95 Å². The fourth-order valence-corrected chi connectivity index (χ4v) is 11.3. The van der Waals surface area contributed by atoms with E-state index in [-0.39, 0.29) is 0 Å². The molecule has 0 aliphatic heterocycles. The number of thiophene rings is 2. The van der Waals surface area contributed by atoms with Gasteiger partial charge in [-0.2, -0.15) is 0 Å². The number of fused-ring (bicyclic) bond motifs is 11. The molecule has 8 aromatic carbocycles. The van der Waals surface area contributed by atoms with Crippen LogP contribution in [0.1, 0.15) is 0 Å². The van der Waals surface area contributed by atoms with Crippen LogP contribution in [-0.4, -0.2) is 19.5 Å². The number of hydrogen-bond acceptors (Lipinski definition) is 4. The van der Waals surface area contributed by atoms with Gasteiger partial charge in [-0.3, -0.25) is 4.57 Å². The normalized spacial score (nSPS) is 12.4. The molecule has 13 rings (SSSR count). The number of aromatic nitrogens is 4. The number of nitrogens with one attached hydrogen (secondary N) is 1. The maximum atomic E-state index is 5.72. The highest BCUT2D eigenvalue weighted by Crippen LogP contribution is 2.50. The number of nitrogens with zero attached hydrogens (tertiary/aromatic N) is 3. The van der Waals surface area contributed by atoms with E-state index >= 15 is 0 Å². The molecule has 0 spiro atoms. The molecular formula is C48H26N4S2. The lowest BCUT2D eigenvalue weighted by Crippen LogP contribution is -2.03. The Morgan fingerprint density at radius 3 is 1.91 bits per heavy atom. The van der Waals surface area contributed by atoms with Gasteiger partial charge in [0.05, 0.1) is 16.7 Å². The summed E-state index contributed by atoms with van der Waals surface area (Å²) in [6.07, 6.45) is 0. The van der Waals surface area contributed by atoms with E-state index in [9.17, 15) is 0 Å². The Hall–Kier alpha value is -6.60. The summed E-state index contributed by atoms with van der Waals surface area (Å²) in [5.41, 5.74) is 8.92. The topological polar surface area (TPSA) is 46.5 Å². The van der Waals surface area contributed by atoms with Crippen molar-refractivity contribution in [2.24, 2.45) is 0 Å². The molecule has 0 amide bonds. The Kier molecular flexibility index (Phi) is 5.63. The zero-order valence-corrected chi connectivity index (χ0v) is 30.2. The molecule has 13 aromatic rings. The highest BCUT2D eigenvalue weighted by molar-refractivity contribution is 7.26. The van der Waals surface area contributed by atoms with Crippen LogP contribution in [0.4, 0.5) is 0 Å². The Balaban J connectivity index is 1.26. The lowest BCUT2D eigenvalue weighted by atomic mass is 9.98. The van der Waals surface area contributed by atoms with E-state index < -0.39 is 0 Å². The zero-order valence-electron chi connectivity index (χ0n) is 28.6. The van der Waals surface area contributed by atoms with Crippen LogP contribution in [0, 0.1) is 0 Å². The van der Waals surface area contributed by atoms with Crippen molar-refractivity contribution in [3.8, 4) is 28.3 Å². The summed E-state index contributed by atoms with van der Waals surface area (Å²) < 4.78 is 6.18. The standard InChI is InChI=1S/C48H26N4S2/c1-2-11-26(12-3-1)27-13-10-14-30(23-27)44-43-33-17-6-9-20-37(33)54-47(43)51-48(50-44)52-45-39-28(24-35-41(45)31-15-4-7-18-34(31)49-35)21-22-29-25-38-42(46(52)40(29)39)32-16-5-8-19-36(32)53-38/h1-25,49H. The second-order valence-corrected chi connectivity index (χ2v) is 16.3. The van der Waals surface area contributed by atoms with E-state index in [1.807, 2.05) is 11.3 Å². The molecule has 5 aromatic heterocycles. The first kappa shape index (κ1) is 28.9. The molecule has 0 saturated heterocycles. The third-order valence-corrected chi connectivity index (χ3v) is 13.5. The number of hydrogen-bond donors (Lipinski definition) is 1. The lowest BCUT2D eigenvalue weighted by molar-refractivity contribution is 1.02. The van der Waals surface area contributed by atoms with Crippen molar-refractivity contribution in [3.05, 3.63) is 152 Å². The number of para-hydroxylation sites is 1. The highest BCUT2D eigenvalue weighted by Gasteiger charge is 2.27. The van der Waals surface area contributed by atoms with Crippen LogP contribution < -0.4 is 0 Å². The minimum Gasteiger partial charge on any atom is -0.354 e. The Morgan fingerprint density at radius 1 is 0.426 bits per heavy atom. The van der Waals surface area contributed by atoms with Gasteiger partial charge >= 0.3 is 0 Å². The SMILES string of the molecule is c1ccc(-c2cccc(-c3nc(-n4c5c6c(cc7ccc8cc9sc%10ccccc%10c9c4c8c75)[nH]c4ccccc46)nc4sc5ccccc5c34)c2)cc1. The fourth-order valence-electron chi connectivity index (χ4n) is 9.03. The number of benzene rings is 8. The van der Waals surface area contributed by atoms with Crippen molar-refractivity contribution in [2.45, 2.75) is 0 Å². The first-order chi connectivity index (χ1) is 26.8. The smallest absolute Gasteiger partial charge is 0.236 e. The van der Waals surface area contributed by atoms with Gasteiger partial charge in [-0.05, 0) is 58.3 Å². The molecule has 250 valence electrons. The van der Waals surface area contributed by atoms with Crippen LogP contribution in [0.3, 0.4) is 0 Å². The lowest BCUT2D eigenvalue weighted by Gasteiger charge is -2.12. The minimum atomic E-state index is 0.688. The third-order valence-electron chi connectivity index (χ3n) is 11.3. The summed E-state index contributed by atoms with van der Waals surface area (Å²) in [5.74, 6) is 0.688. The van der Waals surface area contributed by atoms with Gasteiger partial charge in [0.1, 0.15) is 4.83 Å². The molecule has 0 fully saturated rings. The molecule has 0 radical (unpaired) electrons. The van der Waals surface area contributed by atoms with Crippen LogP contribution in [0.5, 0.6) is 0 Å². The van der Waals surface area contributed by atoms with Gasteiger partial charge in [0, 0.05) is 73.8 Å². The summed E-state index contributed by atoms with van der Waals surface area (Å²) >= 11 is 3.61. The summed E-state index contributed by atoms with van der Waals surface area (Å²) in [6.45, 7) is 0. The predicted molar refractivity (Wildman–Crippen MR) is 231 cm³/mol. The molecular weight excluding hydrogens is 697 g/mol. The van der Waals surface area contributed by atoms with Crippen molar-refractivity contribution in [2.75, 3.05) is 0 Å². The molecule has 0 aliphatic carbocycles. The third kappa shape index (κ3) is 3.80. The van der Waals surface area contributed by atoms with Crippen LogP contribution in [0.15, 0.2) is 152 Å². The Bertz CT molecular complexity index is 3540. The van der Waals surface area contributed by atoms with Crippen LogP contribution in [0.25, 0.3) is 123 Å². The van der Waals surface area contributed by atoms with E-state index in [1.54, 1.807) is 11.3 Å². The molecule has 6 heteroatoms. The maximum Gasteiger partial charge on any atom is 0.236 e. The van der Waals surface area contributed by atoms with Crippen LogP contribution >= 0.6 is 22.7 Å². The largest absolute Gasteiger partial charge is 0.354 e. The van der Waals surface area contributed by atoms with Crippen molar-refractivity contribution in [3.63, 3.8) is 0 Å². The van der Waals surface area contributed by atoms with E-state index in [1.165, 1.54) is 73.7 Å². The number of aromatic amines is 1. The number of rotatable bonds is 3. The molecule has 0 saturated carbocycles. The average Bonchev–Trinajstić information content (AvgIpc) is 3.98. The van der Waals surface area contributed by atoms with Crippen molar-refractivity contribution in [1.29, 1.82) is 0 Å². The van der Waals surface area contributed by atoms with E-state index in [0.717, 1.165) is 43.6 Å². The summed E-state index contributed by atoms with van der Waals surface area (Å²) in [4.78, 5) is 16.1. The van der Waals surface area contributed by atoms with Crippen LogP contribution in [-0.2, 0) is 0 Å². The quantitative estimate of drug-likeness (QED) is 0.185. The molecule has 0 unspecified atom stereocenters. The van der Waals surface area contributed by atoms with E-state index in [0.29, 0.717) is 5.95 Å².